The fourth-order valence-electron chi connectivity index (χ4n) is 1.92. The van der Waals surface area contributed by atoms with Crippen LogP contribution < -0.4 is 4.74 Å². The minimum absolute atomic E-state index is 0.486. The van der Waals surface area contributed by atoms with Crippen molar-refractivity contribution in [3.63, 3.8) is 0 Å². The molecule has 0 fully saturated rings. The summed E-state index contributed by atoms with van der Waals surface area (Å²) in [5.41, 5.74) is 0.306. The largest absolute Gasteiger partial charge is 0.496 e. The first-order valence-corrected chi connectivity index (χ1v) is 5.90. The van der Waals surface area contributed by atoms with Crippen LogP contribution in [0.5, 0.6) is 5.75 Å². The molecule has 1 aromatic rings. The zero-order chi connectivity index (χ0) is 13.8. The first-order valence-electron chi connectivity index (χ1n) is 5.90. The molecule has 0 spiro atoms. The van der Waals surface area contributed by atoms with E-state index in [1.54, 1.807) is 21.0 Å². The number of aliphatic carboxylic acids is 1. The summed E-state index contributed by atoms with van der Waals surface area (Å²) in [4.78, 5) is 13.1. The molecule has 0 heterocycles. The minimum atomic E-state index is -0.783. The zero-order valence-electron chi connectivity index (χ0n) is 11.4. The van der Waals surface area contributed by atoms with Crippen molar-refractivity contribution in [3.05, 3.63) is 29.8 Å². The molecule has 1 aromatic carbocycles. The van der Waals surface area contributed by atoms with Crippen LogP contribution in [0, 0.1) is 5.41 Å². The van der Waals surface area contributed by atoms with E-state index in [9.17, 15) is 4.79 Å². The van der Waals surface area contributed by atoms with Crippen LogP contribution in [0.3, 0.4) is 0 Å². The smallest absolute Gasteiger partial charge is 0.310 e. The third kappa shape index (κ3) is 3.74. The van der Waals surface area contributed by atoms with Gasteiger partial charge in [0.2, 0.25) is 0 Å². The Hall–Kier alpha value is -1.55. The maximum atomic E-state index is 11.1. The molecule has 0 aromatic heterocycles. The molecule has 0 saturated heterocycles. The van der Waals surface area contributed by atoms with Crippen LogP contribution in [0.4, 0.5) is 0 Å². The predicted molar refractivity (Wildman–Crippen MR) is 70.7 cm³/mol. The molecule has 0 bridgehead atoms. The number of hydrogen-bond donors (Lipinski definition) is 1. The number of nitrogens with zero attached hydrogens (tertiary/aromatic N) is 1. The molecule has 0 atom stereocenters. The van der Waals surface area contributed by atoms with Crippen LogP contribution in [0.1, 0.15) is 19.4 Å². The van der Waals surface area contributed by atoms with Crippen molar-refractivity contribution >= 4 is 5.97 Å². The average molecular weight is 251 g/mol. The summed E-state index contributed by atoms with van der Waals surface area (Å²) >= 11 is 0. The van der Waals surface area contributed by atoms with Crippen molar-refractivity contribution in [1.82, 2.24) is 4.90 Å². The van der Waals surface area contributed by atoms with E-state index in [-0.39, 0.29) is 0 Å². The Morgan fingerprint density at radius 1 is 1.39 bits per heavy atom. The van der Waals surface area contributed by atoms with Gasteiger partial charge in [-0.05, 0) is 27.0 Å². The van der Waals surface area contributed by atoms with Crippen LogP contribution in [-0.4, -0.2) is 36.7 Å². The fraction of sp³-hybridized carbons (Fsp3) is 0.500. The number of hydrogen-bond acceptors (Lipinski definition) is 3. The number of carboxylic acid groups (broad SMARTS) is 1. The molecule has 0 amide bonds. The zero-order valence-corrected chi connectivity index (χ0v) is 11.4. The first kappa shape index (κ1) is 14.5. The van der Waals surface area contributed by atoms with Gasteiger partial charge >= 0.3 is 5.97 Å². The van der Waals surface area contributed by atoms with Gasteiger partial charge in [-0.1, -0.05) is 18.2 Å². The van der Waals surface area contributed by atoms with Crippen LogP contribution >= 0.6 is 0 Å². The summed E-state index contributed by atoms with van der Waals surface area (Å²) in [7, 11) is 3.55. The average Bonchev–Trinajstić information content (AvgIpc) is 2.28. The lowest BCUT2D eigenvalue weighted by Crippen LogP contribution is -2.36. The topological polar surface area (TPSA) is 49.8 Å². The Labute approximate surface area is 108 Å². The molecule has 0 aliphatic heterocycles. The Morgan fingerprint density at radius 2 is 2.00 bits per heavy atom. The Bertz CT molecular complexity index is 415. The summed E-state index contributed by atoms with van der Waals surface area (Å²) in [5, 5.41) is 9.11. The van der Waals surface area contributed by atoms with Gasteiger partial charge in [0.25, 0.3) is 0 Å². The Balaban J connectivity index is 2.70. The van der Waals surface area contributed by atoms with E-state index in [2.05, 4.69) is 0 Å². The van der Waals surface area contributed by atoms with E-state index in [0.717, 1.165) is 11.3 Å². The molecule has 4 nitrogen and oxygen atoms in total. The molecule has 0 aliphatic rings. The molecular weight excluding hydrogens is 230 g/mol. The second-order valence-corrected chi connectivity index (χ2v) is 5.17. The van der Waals surface area contributed by atoms with Crippen LogP contribution in [0.2, 0.25) is 0 Å². The summed E-state index contributed by atoms with van der Waals surface area (Å²) in [6.07, 6.45) is 0. The standard InChI is InChI=1S/C14H21NO3/c1-14(2,13(16)17)10-15(3)9-11-7-5-6-8-12(11)18-4/h5-8H,9-10H2,1-4H3,(H,16,17). The van der Waals surface area contributed by atoms with Crippen molar-refractivity contribution in [2.24, 2.45) is 5.41 Å². The van der Waals surface area contributed by atoms with E-state index in [1.807, 2.05) is 36.2 Å². The van der Waals surface area contributed by atoms with Gasteiger partial charge in [-0.3, -0.25) is 4.79 Å². The van der Waals surface area contributed by atoms with Crippen molar-refractivity contribution in [2.75, 3.05) is 20.7 Å². The predicted octanol–water partition coefficient (Wildman–Crippen LogP) is 2.24. The second kappa shape index (κ2) is 5.87. The SMILES string of the molecule is COc1ccccc1CN(C)CC(C)(C)C(=O)O. The lowest BCUT2D eigenvalue weighted by molar-refractivity contribution is -0.147. The van der Waals surface area contributed by atoms with Gasteiger partial charge in [-0.2, -0.15) is 0 Å². The summed E-state index contributed by atoms with van der Waals surface area (Å²) in [5.74, 6) is 0.0480. The lowest BCUT2D eigenvalue weighted by Gasteiger charge is -2.26. The molecule has 18 heavy (non-hydrogen) atoms. The highest BCUT2D eigenvalue weighted by molar-refractivity contribution is 5.73. The lowest BCUT2D eigenvalue weighted by atomic mass is 9.93. The number of carboxylic acids is 1. The summed E-state index contributed by atoms with van der Waals surface area (Å²) in [6.45, 7) is 4.61. The Kier molecular flexibility index (Phi) is 4.73. The maximum absolute atomic E-state index is 11.1. The maximum Gasteiger partial charge on any atom is 0.310 e. The van der Waals surface area contributed by atoms with Gasteiger partial charge in [0.05, 0.1) is 12.5 Å². The Morgan fingerprint density at radius 3 is 2.56 bits per heavy atom. The van der Waals surface area contributed by atoms with E-state index in [0.29, 0.717) is 13.1 Å². The highest BCUT2D eigenvalue weighted by atomic mass is 16.5. The van der Waals surface area contributed by atoms with E-state index >= 15 is 0 Å². The highest BCUT2D eigenvalue weighted by Crippen LogP contribution is 2.22. The summed E-state index contributed by atoms with van der Waals surface area (Å²) < 4.78 is 5.28. The molecule has 100 valence electrons. The van der Waals surface area contributed by atoms with Crippen molar-refractivity contribution in [3.8, 4) is 5.75 Å². The second-order valence-electron chi connectivity index (χ2n) is 5.17. The molecule has 0 aliphatic carbocycles. The van der Waals surface area contributed by atoms with Gasteiger partial charge in [0, 0.05) is 18.7 Å². The monoisotopic (exact) mass is 251 g/mol. The van der Waals surface area contributed by atoms with Crippen LogP contribution in [0.25, 0.3) is 0 Å². The number of carbonyl (C=O) groups is 1. The normalized spacial score (nSPS) is 11.6. The number of methoxy groups -OCH3 is 1. The van der Waals surface area contributed by atoms with Gasteiger partial charge in [0.15, 0.2) is 0 Å². The van der Waals surface area contributed by atoms with E-state index in [1.165, 1.54) is 0 Å². The highest BCUT2D eigenvalue weighted by Gasteiger charge is 2.28. The molecule has 0 unspecified atom stereocenters. The minimum Gasteiger partial charge on any atom is -0.496 e. The number of benzene rings is 1. The third-order valence-electron chi connectivity index (χ3n) is 2.88. The van der Waals surface area contributed by atoms with Crippen LogP contribution in [0.15, 0.2) is 24.3 Å². The molecular formula is C14H21NO3. The number of ether oxygens (including phenoxy) is 1. The van der Waals surface area contributed by atoms with Crippen molar-refractivity contribution < 1.29 is 14.6 Å². The molecule has 4 heteroatoms. The molecule has 1 rings (SSSR count). The number of para-hydroxylation sites is 1. The quantitative estimate of drug-likeness (QED) is 0.842. The molecule has 1 N–H and O–H groups in total. The fourth-order valence-corrected chi connectivity index (χ4v) is 1.92. The van der Waals surface area contributed by atoms with Gasteiger partial charge in [-0.15, -0.1) is 0 Å². The van der Waals surface area contributed by atoms with Gasteiger partial charge in [-0.25, -0.2) is 0 Å². The van der Waals surface area contributed by atoms with Crippen molar-refractivity contribution in [1.29, 1.82) is 0 Å². The first-order chi connectivity index (χ1) is 8.36. The van der Waals surface area contributed by atoms with Crippen LogP contribution in [-0.2, 0) is 11.3 Å². The molecule has 0 saturated carbocycles. The van der Waals surface area contributed by atoms with Crippen molar-refractivity contribution in [2.45, 2.75) is 20.4 Å². The van der Waals surface area contributed by atoms with E-state index < -0.39 is 11.4 Å². The number of rotatable bonds is 6. The van der Waals surface area contributed by atoms with Gasteiger partial charge < -0.3 is 14.7 Å². The summed E-state index contributed by atoms with van der Waals surface area (Å²) in [6, 6.07) is 7.77. The molecule has 0 radical (unpaired) electrons. The van der Waals surface area contributed by atoms with Gasteiger partial charge in [0.1, 0.15) is 5.75 Å². The third-order valence-corrected chi connectivity index (χ3v) is 2.88. The van der Waals surface area contributed by atoms with E-state index in [4.69, 9.17) is 9.84 Å².